The molecule has 0 saturated carbocycles. The third kappa shape index (κ3) is 5.69. The summed E-state index contributed by atoms with van der Waals surface area (Å²) in [5, 5.41) is 14.4. The van der Waals surface area contributed by atoms with Gasteiger partial charge in [-0.15, -0.1) is 11.3 Å². The predicted molar refractivity (Wildman–Crippen MR) is 122 cm³/mol. The lowest BCUT2D eigenvalue weighted by Crippen LogP contribution is -2.31. The summed E-state index contributed by atoms with van der Waals surface area (Å²) in [5.74, 6) is -0.400. The zero-order valence-corrected chi connectivity index (χ0v) is 18.8. The molecule has 0 aliphatic rings. The number of hydrogen-bond donors (Lipinski definition) is 2. The quantitative estimate of drug-likeness (QED) is 0.234. The van der Waals surface area contributed by atoms with Gasteiger partial charge in [-0.25, -0.2) is 13.9 Å². The summed E-state index contributed by atoms with van der Waals surface area (Å²) >= 11 is 2.84. The van der Waals surface area contributed by atoms with E-state index in [1.54, 1.807) is 34.3 Å². The van der Waals surface area contributed by atoms with E-state index < -0.39 is 15.9 Å². The molecule has 0 unspecified atom stereocenters. The summed E-state index contributed by atoms with van der Waals surface area (Å²) in [7, 11) is -3.63. The molecule has 3 rings (SSSR count). The fraction of sp³-hybridized carbons (Fsp3) is 0.286. The third-order valence-electron chi connectivity index (χ3n) is 4.69. The number of anilines is 1. The lowest BCUT2D eigenvalue weighted by molar-refractivity contribution is -0.129. The Morgan fingerprint density at radius 1 is 0.967 bits per heavy atom. The normalized spacial score (nSPS) is 11.4. The molecule has 1 amide bonds. The van der Waals surface area contributed by atoms with Gasteiger partial charge >= 0.3 is 0 Å². The van der Waals surface area contributed by atoms with Gasteiger partial charge in [-0.1, -0.05) is 31.0 Å². The van der Waals surface area contributed by atoms with E-state index in [0.29, 0.717) is 29.3 Å². The minimum absolute atomic E-state index is 0.262. The van der Waals surface area contributed by atoms with Gasteiger partial charge in [0.1, 0.15) is 4.21 Å². The molecule has 9 heteroatoms. The van der Waals surface area contributed by atoms with E-state index in [9.17, 15) is 13.2 Å². The Morgan fingerprint density at radius 3 is 2.37 bits per heavy atom. The second kappa shape index (κ2) is 10.7. The van der Waals surface area contributed by atoms with Crippen LogP contribution in [0, 0.1) is 0 Å². The van der Waals surface area contributed by atoms with E-state index in [1.165, 1.54) is 15.6 Å². The fourth-order valence-electron chi connectivity index (χ4n) is 3.11. The molecule has 1 aromatic carbocycles. The van der Waals surface area contributed by atoms with Crippen molar-refractivity contribution in [2.75, 3.05) is 10.8 Å². The lowest BCUT2D eigenvalue weighted by Gasteiger charge is -2.24. The number of nitrogens with zero attached hydrogens (tertiary/aromatic N) is 1. The Hall–Kier alpha value is -2.20. The smallest absolute Gasteiger partial charge is 0.273 e. The standard InChI is InChI=1S/C21H24N2O4S3/c24-20(22-25)6-3-1-2-4-13-23(30(26,27)21-7-5-14-29-21)19-10-8-17(9-11-19)18-12-15-28-16-18/h5,7-12,14-16,25H,1-4,6,13H2,(H,22,24). The van der Waals surface area contributed by atoms with Gasteiger partial charge in [0.05, 0.1) is 5.69 Å². The number of unbranched alkanes of at least 4 members (excludes halogenated alkanes) is 3. The van der Waals surface area contributed by atoms with Gasteiger partial charge in [-0.3, -0.25) is 14.3 Å². The minimum atomic E-state index is -3.63. The Bertz CT molecular complexity index is 1010. The van der Waals surface area contributed by atoms with Crippen LogP contribution in [0.3, 0.4) is 0 Å². The molecule has 0 aliphatic heterocycles. The summed E-state index contributed by atoms with van der Waals surface area (Å²) in [5.41, 5.74) is 4.43. The summed E-state index contributed by atoms with van der Waals surface area (Å²) in [4.78, 5) is 11.1. The maximum atomic E-state index is 13.2. The number of sulfonamides is 1. The summed E-state index contributed by atoms with van der Waals surface area (Å²) in [6, 6.07) is 13.0. The van der Waals surface area contributed by atoms with Crippen LogP contribution < -0.4 is 9.79 Å². The largest absolute Gasteiger partial charge is 0.289 e. The molecular formula is C21H24N2O4S3. The zero-order chi connectivity index (χ0) is 21.4. The number of carbonyl (C=O) groups is 1. The summed E-state index contributed by atoms with van der Waals surface area (Å²) < 4.78 is 28.2. The molecule has 0 radical (unpaired) electrons. The average Bonchev–Trinajstić information content (AvgIpc) is 3.47. The van der Waals surface area contributed by atoms with Crippen LogP contribution in [-0.4, -0.2) is 26.1 Å². The van der Waals surface area contributed by atoms with Crippen LogP contribution in [0.2, 0.25) is 0 Å². The molecule has 6 nitrogen and oxygen atoms in total. The van der Waals surface area contributed by atoms with Crippen molar-refractivity contribution >= 4 is 44.3 Å². The molecule has 0 atom stereocenters. The van der Waals surface area contributed by atoms with Crippen molar-refractivity contribution in [2.24, 2.45) is 0 Å². The number of carbonyl (C=O) groups excluding carboxylic acids is 1. The minimum Gasteiger partial charge on any atom is -0.289 e. The van der Waals surface area contributed by atoms with Crippen LogP contribution >= 0.6 is 22.7 Å². The van der Waals surface area contributed by atoms with Crippen LogP contribution in [0.15, 0.2) is 62.8 Å². The first-order valence-electron chi connectivity index (χ1n) is 9.64. The van der Waals surface area contributed by atoms with Gasteiger partial charge in [0.15, 0.2) is 0 Å². The number of nitrogens with one attached hydrogen (secondary N) is 1. The highest BCUT2D eigenvalue weighted by Gasteiger charge is 2.25. The molecule has 3 aromatic rings. The molecule has 160 valence electrons. The average molecular weight is 465 g/mol. The second-order valence-electron chi connectivity index (χ2n) is 6.77. The van der Waals surface area contributed by atoms with Gasteiger partial charge in [0.2, 0.25) is 5.91 Å². The highest BCUT2D eigenvalue weighted by Crippen LogP contribution is 2.30. The molecule has 2 aromatic heterocycles. The monoisotopic (exact) mass is 464 g/mol. The van der Waals surface area contributed by atoms with Gasteiger partial charge in [0, 0.05) is 13.0 Å². The third-order valence-corrected chi connectivity index (χ3v) is 8.57. The van der Waals surface area contributed by atoms with Gasteiger partial charge in [-0.05, 0) is 64.4 Å². The van der Waals surface area contributed by atoms with Crippen molar-refractivity contribution in [2.45, 2.75) is 36.3 Å². The van der Waals surface area contributed by atoms with Gasteiger partial charge in [0.25, 0.3) is 10.0 Å². The van der Waals surface area contributed by atoms with Crippen LogP contribution in [0.5, 0.6) is 0 Å². The highest BCUT2D eigenvalue weighted by molar-refractivity contribution is 7.94. The molecule has 30 heavy (non-hydrogen) atoms. The van der Waals surface area contributed by atoms with E-state index in [1.807, 2.05) is 35.7 Å². The zero-order valence-electron chi connectivity index (χ0n) is 16.4. The molecule has 0 bridgehead atoms. The van der Waals surface area contributed by atoms with Crippen LogP contribution in [0.1, 0.15) is 32.1 Å². The Kier molecular flexibility index (Phi) is 8.03. The fourth-order valence-corrected chi connectivity index (χ4v) is 6.38. The molecular weight excluding hydrogens is 440 g/mol. The van der Waals surface area contributed by atoms with E-state index in [0.717, 1.165) is 24.0 Å². The number of hydroxylamine groups is 1. The van der Waals surface area contributed by atoms with Crippen LogP contribution in [-0.2, 0) is 14.8 Å². The van der Waals surface area contributed by atoms with Crippen molar-refractivity contribution in [3.63, 3.8) is 0 Å². The van der Waals surface area contributed by atoms with Crippen molar-refractivity contribution in [1.82, 2.24) is 5.48 Å². The number of benzene rings is 1. The molecule has 0 fully saturated rings. The highest BCUT2D eigenvalue weighted by atomic mass is 32.2. The summed E-state index contributed by atoms with van der Waals surface area (Å²) in [6.45, 7) is 0.365. The van der Waals surface area contributed by atoms with E-state index in [2.05, 4.69) is 5.38 Å². The lowest BCUT2D eigenvalue weighted by atomic mass is 10.1. The molecule has 0 aliphatic carbocycles. The van der Waals surface area contributed by atoms with Gasteiger partial charge in [-0.2, -0.15) is 11.3 Å². The first kappa shape index (κ1) is 22.5. The maximum Gasteiger partial charge on any atom is 0.273 e. The first-order chi connectivity index (χ1) is 14.5. The van der Waals surface area contributed by atoms with Crippen LogP contribution in [0.4, 0.5) is 5.69 Å². The maximum absolute atomic E-state index is 13.2. The van der Waals surface area contributed by atoms with Crippen LogP contribution in [0.25, 0.3) is 11.1 Å². The number of amides is 1. The van der Waals surface area contributed by atoms with Crippen molar-refractivity contribution in [1.29, 1.82) is 0 Å². The molecule has 2 heterocycles. The number of rotatable bonds is 11. The van der Waals surface area contributed by atoms with Crippen molar-refractivity contribution in [3.05, 3.63) is 58.6 Å². The topological polar surface area (TPSA) is 86.7 Å². The van der Waals surface area contributed by atoms with E-state index in [-0.39, 0.29) is 6.42 Å². The Labute approximate surface area is 184 Å². The number of thiophene rings is 2. The Balaban J connectivity index is 1.71. The van der Waals surface area contributed by atoms with Gasteiger partial charge < -0.3 is 0 Å². The van der Waals surface area contributed by atoms with E-state index in [4.69, 9.17) is 5.21 Å². The molecule has 0 spiro atoms. The summed E-state index contributed by atoms with van der Waals surface area (Å²) in [6.07, 6.45) is 3.17. The molecule has 0 saturated heterocycles. The Morgan fingerprint density at radius 2 is 1.73 bits per heavy atom. The van der Waals surface area contributed by atoms with Crippen molar-refractivity contribution in [3.8, 4) is 11.1 Å². The predicted octanol–water partition coefficient (Wildman–Crippen LogP) is 5.13. The number of hydrogen-bond acceptors (Lipinski definition) is 6. The van der Waals surface area contributed by atoms with E-state index >= 15 is 0 Å². The van der Waals surface area contributed by atoms with Crippen molar-refractivity contribution < 1.29 is 18.4 Å². The molecule has 2 N–H and O–H groups in total. The second-order valence-corrected chi connectivity index (χ2v) is 10.6. The SMILES string of the molecule is O=C(CCCCCCN(c1ccc(-c2ccsc2)cc1)S(=O)(=O)c1cccs1)NO. The first-order valence-corrected chi connectivity index (χ1v) is 12.9.